The molecule has 0 spiro atoms. The highest BCUT2D eigenvalue weighted by Crippen LogP contribution is 2.38. The van der Waals surface area contributed by atoms with Crippen LogP contribution in [0.2, 0.25) is 5.02 Å². The molecule has 3 aromatic carbocycles. The fourth-order valence-electron chi connectivity index (χ4n) is 4.11. The van der Waals surface area contributed by atoms with Crippen molar-refractivity contribution < 1.29 is 24.2 Å². The van der Waals surface area contributed by atoms with Gasteiger partial charge in [-0.25, -0.2) is 9.79 Å². The first-order chi connectivity index (χ1) is 19.3. The van der Waals surface area contributed by atoms with Crippen LogP contribution in [0.5, 0.6) is 11.5 Å². The van der Waals surface area contributed by atoms with Gasteiger partial charge >= 0.3 is 5.97 Å². The number of thioether (sulfide) groups is 1. The van der Waals surface area contributed by atoms with Crippen LogP contribution in [-0.4, -0.2) is 40.2 Å². The van der Waals surface area contributed by atoms with Crippen LogP contribution >= 0.6 is 23.4 Å². The first kappa shape index (κ1) is 29.0. The van der Waals surface area contributed by atoms with E-state index in [1.807, 2.05) is 50.2 Å². The molecule has 1 heterocycles. The Kier molecular flexibility index (Phi) is 9.69. The second-order valence-electron chi connectivity index (χ2n) is 8.72. The number of carboxylic acid groups (broad SMARTS) is 1. The van der Waals surface area contributed by atoms with Crippen molar-refractivity contribution in [3.63, 3.8) is 0 Å². The molecule has 1 aliphatic rings. The van der Waals surface area contributed by atoms with E-state index in [1.165, 1.54) is 23.9 Å². The van der Waals surface area contributed by atoms with Crippen LogP contribution in [-0.2, 0) is 17.8 Å². The highest BCUT2D eigenvalue weighted by Gasteiger charge is 2.32. The van der Waals surface area contributed by atoms with E-state index in [1.54, 1.807) is 29.2 Å². The molecule has 1 saturated heterocycles. The number of allylic oxidation sites excluding steroid dienone is 1. The molecule has 40 heavy (non-hydrogen) atoms. The molecule has 0 unspecified atom stereocenters. The number of halogens is 1. The molecule has 1 N–H and O–H groups in total. The van der Waals surface area contributed by atoms with Crippen LogP contribution in [0.4, 0.5) is 5.69 Å². The number of carboxylic acids is 1. The minimum absolute atomic E-state index is 0.130. The SMILES string of the molecule is C=CCc1cc(/C=C2/SC(=Nc3cccc(C(=O)O)c3)N(CC)C2=O)cc(OCC)c1OCc1ccccc1Cl. The standard InChI is InChI=1S/C31H29ClN2O5S/c1-4-10-21-15-20(16-26(38-6-3)28(21)39-19-23-11-7-8-14-25(23)32)17-27-29(35)34(5-2)31(40-27)33-24-13-9-12-22(18-24)30(36)37/h4,7-9,11-18H,1,5-6,10,19H2,2-3H3,(H,36,37)/b27-17+,33-31?. The maximum absolute atomic E-state index is 13.3. The highest BCUT2D eigenvalue weighted by molar-refractivity contribution is 8.18. The predicted octanol–water partition coefficient (Wildman–Crippen LogP) is 7.37. The molecule has 0 atom stereocenters. The van der Waals surface area contributed by atoms with Gasteiger partial charge in [-0.05, 0) is 80.1 Å². The summed E-state index contributed by atoms with van der Waals surface area (Å²) >= 11 is 7.57. The van der Waals surface area contributed by atoms with E-state index in [9.17, 15) is 14.7 Å². The Morgan fingerprint density at radius 2 is 1.90 bits per heavy atom. The van der Waals surface area contributed by atoms with Gasteiger partial charge in [0.1, 0.15) is 6.61 Å². The number of hydrogen-bond donors (Lipinski definition) is 1. The van der Waals surface area contributed by atoms with E-state index in [0.717, 1.165) is 16.7 Å². The molecule has 4 rings (SSSR count). The Hall–Kier alpha value is -4.01. The quantitative estimate of drug-likeness (QED) is 0.189. The average molecular weight is 577 g/mol. The maximum atomic E-state index is 13.3. The first-order valence-electron chi connectivity index (χ1n) is 12.7. The number of aliphatic imine (C=N–C) groups is 1. The normalized spacial score (nSPS) is 15.1. The number of amides is 1. The number of ether oxygens (including phenoxy) is 2. The van der Waals surface area contributed by atoms with Gasteiger partial charge in [-0.2, -0.15) is 0 Å². The van der Waals surface area contributed by atoms with Crippen molar-refractivity contribution in [2.24, 2.45) is 4.99 Å². The minimum Gasteiger partial charge on any atom is -0.490 e. The summed E-state index contributed by atoms with van der Waals surface area (Å²) in [5.41, 5.74) is 3.08. The topological polar surface area (TPSA) is 88.4 Å². The molecule has 206 valence electrons. The molecule has 0 radical (unpaired) electrons. The summed E-state index contributed by atoms with van der Waals surface area (Å²) in [6.45, 7) is 8.77. The zero-order valence-electron chi connectivity index (χ0n) is 22.2. The van der Waals surface area contributed by atoms with Crippen molar-refractivity contribution in [1.82, 2.24) is 4.90 Å². The van der Waals surface area contributed by atoms with Crippen molar-refractivity contribution in [1.29, 1.82) is 0 Å². The Labute approximate surface area is 242 Å². The van der Waals surface area contributed by atoms with Crippen molar-refractivity contribution in [3.05, 3.63) is 106 Å². The third-order valence-corrected chi connectivity index (χ3v) is 7.34. The molecule has 1 aliphatic heterocycles. The molecule has 0 bridgehead atoms. The zero-order chi connectivity index (χ0) is 28.6. The second-order valence-corrected chi connectivity index (χ2v) is 10.1. The minimum atomic E-state index is -1.04. The number of aromatic carboxylic acids is 1. The zero-order valence-corrected chi connectivity index (χ0v) is 23.8. The number of carbonyl (C=O) groups excluding carboxylic acids is 1. The number of hydrogen-bond acceptors (Lipinski definition) is 6. The van der Waals surface area contributed by atoms with Crippen LogP contribution < -0.4 is 9.47 Å². The third-order valence-electron chi connectivity index (χ3n) is 5.97. The number of carbonyl (C=O) groups is 2. The summed E-state index contributed by atoms with van der Waals surface area (Å²) in [7, 11) is 0. The molecular weight excluding hydrogens is 548 g/mol. The number of likely N-dealkylation sites (N-methyl/N-ethyl adjacent to an activating group) is 1. The van der Waals surface area contributed by atoms with Gasteiger partial charge in [0, 0.05) is 22.7 Å². The van der Waals surface area contributed by atoms with Gasteiger partial charge in [-0.3, -0.25) is 9.69 Å². The number of nitrogens with zero attached hydrogens (tertiary/aromatic N) is 2. The van der Waals surface area contributed by atoms with Crippen molar-refractivity contribution in [2.75, 3.05) is 13.2 Å². The smallest absolute Gasteiger partial charge is 0.335 e. The van der Waals surface area contributed by atoms with Crippen LogP contribution in [0.3, 0.4) is 0 Å². The van der Waals surface area contributed by atoms with Crippen LogP contribution in [0, 0.1) is 0 Å². The molecule has 0 saturated carbocycles. The lowest BCUT2D eigenvalue weighted by Gasteiger charge is -2.17. The van der Waals surface area contributed by atoms with E-state index >= 15 is 0 Å². The van der Waals surface area contributed by atoms with Gasteiger partial charge in [0.15, 0.2) is 16.7 Å². The lowest BCUT2D eigenvalue weighted by atomic mass is 10.0. The van der Waals surface area contributed by atoms with Gasteiger partial charge in [-0.15, -0.1) is 6.58 Å². The number of amidine groups is 1. The molecular formula is C31H29ClN2O5S. The maximum Gasteiger partial charge on any atom is 0.335 e. The van der Waals surface area contributed by atoms with E-state index in [2.05, 4.69) is 11.6 Å². The van der Waals surface area contributed by atoms with Gasteiger partial charge in [0.05, 0.1) is 22.8 Å². The Morgan fingerprint density at radius 1 is 1.10 bits per heavy atom. The summed E-state index contributed by atoms with van der Waals surface area (Å²) in [6, 6.07) is 17.6. The molecule has 3 aromatic rings. The van der Waals surface area contributed by atoms with Gasteiger partial charge < -0.3 is 14.6 Å². The summed E-state index contributed by atoms with van der Waals surface area (Å²) in [5.74, 6) is -0.0549. The number of benzene rings is 3. The Morgan fingerprint density at radius 3 is 2.60 bits per heavy atom. The van der Waals surface area contributed by atoms with E-state index in [-0.39, 0.29) is 18.1 Å². The van der Waals surface area contributed by atoms with Crippen LogP contribution in [0.1, 0.15) is 40.9 Å². The van der Waals surface area contributed by atoms with Crippen molar-refractivity contribution in [3.8, 4) is 11.5 Å². The average Bonchev–Trinajstić information content (AvgIpc) is 3.22. The van der Waals surface area contributed by atoms with Crippen LogP contribution in [0.25, 0.3) is 6.08 Å². The Bertz CT molecular complexity index is 1500. The molecule has 1 fully saturated rings. The van der Waals surface area contributed by atoms with Crippen molar-refractivity contribution in [2.45, 2.75) is 26.9 Å². The third kappa shape index (κ3) is 6.76. The monoisotopic (exact) mass is 576 g/mol. The molecule has 1 amide bonds. The van der Waals surface area contributed by atoms with E-state index in [4.69, 9.17) is 21.1 Å². The fourth-order valence-corrected chi connectivity index (χ4v) is 5.36. The first-order valence-corrected chi connectivity index (χ1v) is 13.9. The van der Waals surface area contributed by atoms with Gasteiger partial charge in [-0.1, -0.05) is 41.9 Å². The highest BCUT2D eigenvalue weighted by atomic mass is 35.5. The second kappa shape index (κ2) is 13.4. The summed E-state index contributed by atoms with van der Waals surface area (Å²) < 4.78 is 12.2. The largest absolute Gasteiger partial charge is 0.490 e. The summed E-state index contributed by atoms with van der Waals surface area (Å²) in [6.07, 6.45) is 4.12. The Balaban J connectivity index is 1.68. The lowest BCUT2D eigenvalue weighted by Crippen LogP contribution is -2.28. The van der Waals surface area contributed by atoms with E-state index in [0.29, 0.717) is 51.9 Å². The fraction of sp³-hybridized carbons (Fsp3) is 0.194. The predicted molar refractivity (Wildman–Crippen MR) is 161 cm³/mol. The van der Waals surface area contributed by atoms with Crippen molar-refractivity contribution >= 4 is 52.2 Å². The van der Waals surface area contributed by atoms with E-state index < -0.39 is 5.97 Å². The van der Waals surface area contributed by atoms with Gasteiger partial charge in [0.2, 0.25) is 0 Å². The van der Waals surface area contributed by atoms with Gasteiger partial charge in [0.25, 0.3) is 5.91 Å². The summed E-state index contributed by atoms with van der Waals surface area (Å²) in [4.78, 5) is 31.3. The molecule has 0 aromatic heterocycles. The summed E-state index contributed by atoms with van der Waals surface area (Å²) in [5, 5.41) is 10.4. The molecule has 9 heteroatoms. The van der Waals surface area contributed by atoms with Crippen LogP contribution in [0.15, 0.2) is 83.2 Å². The molecule has 7 nitrogen and oxygen atoms in total. The number of rotatable bonds is 11. The molecule has 0 aliphatic carbocycles. The lowest BCUT2D eigenvalue weighted by molar-refractivity contribution is -0.122.